The van der Waals surface area contributed by atoms with Crippen molar-refractivity contribution < 1.29 is 9.50 Å². The van der Waals surface area contributed by atoms with E-state index in [1.165, 1.54) is 6.20 Å². The molecule has 2 unspecified atom stereocenters. The molecule has 0 radical (unpaired) electrons. The Hall–Kier alpha value is -1.95. The second-order valence-electron chi connectivity index (χ2n) is 7.32. The van der Waals surface area contributed by atoms with Crippen molar-refractivity contribution in [3.05, 3.63) is 53.1 Å². The minimum absolute atomic E-state index is 0.202. The minimum atomic E-state index is -0.966. The van der Waals surface area contributed by atoms with Crippen molar-refractivity contribution in [1.82, 2.24) is 15.3 Å². The smallest absolute Gasteiger partial charge is 0.150 e. The summed E-state index contributed by atoms with van der Waals surface area (Å²) in [7, 11) is 0. The van der Waals surface area contributed by atoms with Crippen molar-refractivity contribution in [2.24, 2.45) is 0 Å². The molecule has 0 saturated carbocycles. The molecule has 2 atom stereocenters. The van der Waals surface area contributed by atoms with Gasteiger partial charge in [-0.1, -0.05) is 23.7 Å². The van der Waals surface area contributed by atoms with Crippen LogP contribution in [0.4, 0.5) is 4.39 Å². The second-order valence-corrected chi connectivity index (χ2v) is 7.73. The average molecular weight is 374 g/mol. The predicted molar refractivity (Wildman–Crippen MR) is 102 cm³/mol. The van der Waals surface area contributed by atoms with E-state index < -0.39 is 5.60 Å². The molecule has 26 heavy (non-hydrogen) atoms. The fraction of sp³-hybridized carbons (Fsp3) is 0.350. The Bertz CT molecular complexity index is 961. The molecule has 1 saturated heterocycles. The SMILES string of the molecule is CC1CC(O)(c2ccc(-c3ccnc4[nH]cc(F)c34)cc2Cl)CC(C)N1. The zero-order valence-corrected chi connectivity index (χ0v) is 15.4. The maximum Gasteiger partial charge on any atom is 0.150 e. The molecule has 3 N–H and O–H groups in total. The minimum Gasteiger partial charge on any atom is -0.385 e. The van der Waals surface area contributed by atoms with E-state index in [0.717, 1.165) is 16.7 Å². The van der Waals surface area contributed by atoms with Crippen molar-refractivity contribution in [1.29, 1.82) is 0 Å². The van der Waals surface area contributed by atoms with Crippen LogP contribution in [0.2, 0.25) is 5.02 Å². The molecule has 3 heterocycles. The second kappa shape index (κ2) is 6.34. The van der Waals surface area contributed by atoms with Gasteiger partial charge >= 0.3 is 0 Å². The first-order valence-corrected chi connectivity index (χ1v) is 9.15. The van der Waals surface area contributed by atoms with E-state index in [1.54, 1.807) is 18.3 Å². The number of benzene rings is 1. The van der Waals surface area contributed by atoms with Crippen molar-refractivity contribution in [2.45, 2.75) is 44.4 Å². The third-order valence-corrected chi connectivity index (χ3v) is 5.48. The van der Waals surface area contributed by atoms with Gasteiger partial charge in [0.1, 0.15) is 5.65 Å². The summed E-state index contributed by atoms with van der Waals surface area (Å²) in [5.74, 6) is -0.345. The molecule has 3 aromatic rings. The van der Waals surface area contributed by atoms with Crippen LogP contribution in [-0.2, 0) is 5.60 Å². The van der Waals surface area contributed by atoms with Gasteiger partial charge in [0.2, 0.25) is 0 Å². The van der Waals surface area contributed by atoms with E-state index in [-0.39, 0.29) is 17.9 Å². The molecule has 0 aliphatic carbocycles. The van der Waals surface area contributed by atoms with Gasteiger partial charge in [0.15, 0.2) is 5.82 Å². The highest BCUT2D eigenvalue weighted by atomic mass is 35.5. The summed E-state index contributed by atoms with van der Waals surface area (Å²) in [5.41, 5.74) is 1.78. The molecular formula is C20H21ClFN3O. The molecule has 1 fully saturated rings. The lowest BCUT2D eigenvalue weighted by Crippen LogP contribution is -2.49. The van der Waals surface area contributed by atoms with E-state index in [0.29, 0.717) is 28.9 Å². The van der Waals surface area contributed by atoms with Gasteiger partial charge in [-0.2, -0.15) is 0 Å². The molecule has 1 aliphatic heterocycles. The molecule has 0 amide bonds. The lowest BCUT2D eigenvalue weighted by atomic mass is 9.79. The van der Waals surface area contributed by atoms with Crippen molar-refractivity contribution >= 4 is 22.6 Å². The number of aromatic amines is 1. The van der Waals surface area contributed by atoms with Crippen LogP contribution in [0.15, 0.2) is 36.7 Å². The number of aliphatic hydroxyl groups is 1. The lowest BCUT2D eigenvalue weighted by Gasteiger charge is -2.40. The summed E-state index contributed by atoms with van der Waals surface area (Å²) < 4.78 is 14.2. The number of hydrogen-bond donors (Lipinski definition) is 3. The van der Waals surface area contributed by atoms with Gasteiger partial charge in [-0.25, -0.2) is 9.37 Å². The van der Waals surface area contributed by atoms with Gasteiger partial charge in [-0.05, 0) is 49.9 Å². The third kappa shape index (κ3) is 2.90. The number of halogens is 2. The van der Waals surface area contributed by atoms with E-state index in [9.17, 15) is 9.50 Å². The Kier molecular flexibility index (Phi) is 4.26. The summed E-state index contributed by atoms with van der Waals surface area (Å²) in [6, 6.07) is 7.72. The predicted octanol–water partition coefficient (Wildman–Crippen LogP) is 4.37. The Morgan fingerprint density at radius 1 is 1.23 bits per heavy atom. The number of pyridine rings is 1. The van der Waals surface area contributed by atoms with Crippen LogP contribution in [0.3, 0.4) is 0 Å². The number of nitrogens with one attached hydrogen (secondary N) is 2. The third-order valence-electron chi connectivity index (χ3n) is 5.16. The summed E-state index contributed by atoms with van der Waals surface area (Å²) in [4.78, 5) is 6.98. The van der Waals surface area contributed by atoms with Crippen LogP contribution in [0, 0.1) is 5.82 Å². The first-order valence-electron chi connectivity index (χ1n) is 8.78. The highest BCUT2D eigenvalue weighted by Crippen LogP contribution is 2.40. The highest BCUT2D eigenvalue weighted by Gasteiger charge is 2.38. The van der Waals surface area contributed by atoms with Crippen LogP contribution in [0.25, 0.3) is 22.2 Å². The standard InChI is InChI=1S/C20H21ClFN3O/c1-11-8-20(26,9-12(2)25-11)15-4-3-13(7-16(15)21)14-5-6-23-19-18(14)17(22)10-24-19/h3-7,10-12,25-26H,8-9H2,1-2H3,(H,23,24). The molecule has 1 aromatic carbocycles. The Labute approximate surface area is 156 Å². The van der Waals surface area contributed by atoms with Gasteiger partial charge in [0, 0.05) is 35.1 Å². The average Bonchev–Trinajstić information content (AvgIpc) is 2.95. The van der Waals surface area contributed by atoms with Gasteiger partial charge in [-0.15, -0.1) is 0 Å². The summed E-state index contributed by atoms with van der Waals surface area (Å²) in [6.07, 6.45) is 4.14. The first kappa shape index (κ1) is 17.5. The van der Waals surface area contributed by atoms with E-state index in [4.69, 9.17) is 11.6 Å². The molecule has 0 bridgehead atoms. The molecule has 2 aromatic heterocycles. The molecular weight excluding hydrogens is 353 g/mol. The highest BCUT2D eigenvalue weighted by molar-refractivity contribution is 6.31. The topological polar surface area (TPSA) is 60.9 Å². The lowest BCUT2D eigenvalue weighted by molar-refractivity contribution is -0.0196. The van der Waals surface area contributed by atoms with Gasteiger partial charge < -0.3 is 15.4 Å². The van der Waals surface area contributed by atoms with Crippen LogP contribution in [0.5, 0.6) is 0 Å². The summed E-state index contributed by atoms with van der Waals surface area (Å²) >= 11 is 6.57. The van der Waals surface area contributed by atoms with Crippen molar-refractivity contribution in [3.8, 4) is 11.1 Å². The van der Waals surface area contributed by atoms with E-state index >= 15 is 0 Å². The van der Waals surface area contributed by atoms with Gasteiger partial charge in [0.25, 0.3) is 0 Å². The van der Waals surface area contributed by atoms with Crippen molar-refractivity contribution in [3.63, 3.8) is 0 Å². The quantitative estimate of drug-likeness (QED) is 0.625. The number of hydrogen-bond acceptors (Lipinski definition) is 3. The normalized spacial score (nSPS) is 26.3. The number of rotatable bonds is 2. The molecule has 136 valence electrons. The Balaban J connectivity index is 1.78. The van der Waals surface area contributed by atoms with Crippen LogP contribution in [-0.4, -0.2) is 27.2 Å². The summed E-state index contributed by atoms with van der Waals surface area (Å²) in [6.45, 7) is 4.12. The zero-order chi connectivity index (χ0) is 18.5. The largest absolute Gasteiger partial charge is 0.385 e. The van der Waals surface area contributed by atoms with Crippen LogP contribution < -0.4 is 5.32 Å². The maximum absolute atomic E-state index is 14.2. The molecule has 4 rings (SSSR count). The zero-order valence-electron chi connectivity index (χ0n) is 14.7. The number of H-pyrrole nitrogens is 1. The van der Waals surface area contributed by atoms with Gasteiger partial charge in [0.05, 0.1) is 11.0 Å². The van der Waals surface area contributed by atoms with Gasteiger partial charge in [-0.3, -0.25) is 0 Å². The number of aromatic nitrogens is 2. The number of nitrogens with zero attached hydrogens (tertiary/aromatic N) is 1. The number of fused-ring (bicyclic) bond motifs is 1. The molecule has 4 nitrogen and oxygen atoms in total. The Morgan fingerprint density at radius 2 is 1.96 bits per heavy atom. The fourth-order valence-electron chi connectivity index (χ4n) is 4.24. The monoisotopic (exact) mass is 373 g/mol. The molecule has 0 spiro atoms. The first-order chi connectivity index (χ1) is 12.4. The summed E-state index contributed by atoms with van der Waals surface area (Å²) in [5, 5.41) is 15.6. The molecule has 6 heteroatoms. The Morgan fingerprint density at radius 3 is 2.65 bits per heavy atom. The maximum atomic E-state index is 14.2. The fourth-order valence-corrected chi connectivity index (χ4v) is 4.59. The number of piperidine rings is 1. The van der Waals surface area contributed by atoms with Crippen molar-refractivity contribution in [2.75, 3.05) is 0 Å². The molecule has 1 aliphatic rings. The van der Waals surface area contributed by atoms with E-state index in [2.05, 4.69) is 29.1 Å². The van der Waals surface area contributed by atoms with Crippen LogP contribution >= 0.6 is 11.6 Å². The van der Waals surface area contributed by atoms with E-state index in [1.807, 2.05) is 12.1 Å². The van der Waals surface area contributed by atoms with Crippen LogP contribution in [0.1, 0.15) is 32.3 Å².